The maximum Gasteiger partial charge on any atom is 0.355 e. The van der Waals surface area contributed by atoms with Gasteiger partial charge in [0.1, 0.15) is 5.75 Å². The minimum atomic E-state index is -0.958. The molecule has 0 N–H and O–H groups in total. The Kier molecular flexibility index (Phi) is 8.62. The summed E-state index contributed by atoms with van der Waals surface area (Å²) in [6, 6.07) is 32.2. The lowest BCUT2D eigenvalue weighted by Gasteiger charge is -2.46. The van der Waals surface area contributed by atoms with Crippen LogP contribution in [0, 0.1) is 5.92 Å². The van der Waals surface area contributed by atoms with Crippen LogP contribution < -0.4 is 14.6 Å². The molecule has 6 rings (SSSR count). The molecule has 4 aromatic rings. The van der Waals surface area contributed by atoms with Crippen molar-refractivity contribution in [3.63, 3.8) is 0 Å². The summed E-state index contributed by atoms with van der Waals surface area (Å²) in [5.41, 5.74) is 2.77. The molecule has 0 spiro atoms. The number of esters is 1. The lowest BCUT2D eigenvalue weighted by atomic mass is 9.79. The zero-order valence-electron chi connectivity index (χ0n) is 24.6. The van der Waals surface area contributed by atoms with Gasteiger partial charge in [0.2, 0.25) is 5.91 Å². The predicted octanol–water partition coefficient (Wildman–Crippen LogP) is 6.43. The van der Waals surface area contributed by atoms with Crippen LogP contribution >= 0.6 is 15.9 Å². The van der Waals surface area contributed by atoms with Crippen molar-refractivity contribution in [3.8, 4) is 5.75 Å². The second-order valence-corrected chi connectivity index (χ2v) is 11.6. The van der Waals surface area contributed by atoms with E-state index >= 15 is 0 Å². The first kappa shape index (κ1) is 30.0. The van der Waals surface area contributed by atoms with Crippen molar-refractivity contribution in [1.82, 2.24) is 0 Å². The van der Waals surface area contributed by atoms with Gasteiger partial charge in [0.05, 0.1) is 43.8 Å². The van der Waals surface area contributed by atoms with Crippen molar-refractivity contribution in [1.29, 1.82) is 0 Å². The predicted molar refractivity (Wildman–Crippen MR) is 177 cm³/mol. The molecule has 1 fully saturated rings. The Hall–Kier alpha value is -5.02. The summed E-state index contributed by atoms with van der Waals surface area (Å²) < 4.78 is 11.3. The Bertz CT molecular complexity index is 1760. The third-order valence-electron chi connectivity index (χ3n) is 8.12. The van der Waals surface area contributed by atoms with Crippen molar-refractivity contribution in [2.24, 2.45) is 11.0 Å². The van der Waals surface area contributed by atoms with E-state index in [2.05, 4.69) is 21.0 Å². The van der Waals surface area contributed by atoms with Crippen LogP contribution in [-0.2, 0) is 14.3 Å². The van der Waals surface area contributed by atoms with Gasteiger partial charge >= 0.3 is 5.97 Å². The summed E-state index contributed by atoms with van der Waals surface area (Å²) in [7, 11) is 2.87. The highest BCUT2D eigenvalue weighted by molar-refractivity contribution is 9.10. The van der Waals surface area contributed by atoms with E-state index in [0.717, 1.165) is 15.7 Å². The zero-order valence-corrected chi connectivity index (χ0v) is 26.2. The van der Waals surface area contributed by atoms with Gasteiger partial charge in [-0.3, -0.25) is 14.6 Å². The molecule has 4 atom stereocenters. The minimum absolute atomic E-state index is 0.0141. The number of benzene rings is 4. The summed E-state index contributed by atoms with van der Waals surface area (Å²) in [5.74, 6) is -1.69. The number of hydrazone groups is 1. The molecule has 2 aliphatic heterocycles. The van der Waals surface area contributed by atoms with Gasteiger partial charge in [0.25, 0.3) is 0 Å². The monoisotopic (exact) mass is 663 g/mol. The first-order valence-electron chi connectivity index (χ1n) is 14.4. The SMILES string of the molecule is COC(=O)C1=NN(c2ccc(Br)cc2)[C@@H](C=C[C@H]2[C@@H](c3ccccc3)C(=O)N2c2ccc(OC)cc2)[C@@H]1C(=O)c1ccccc1. The summed E-state index contributed by atoms with van der Waals surface area (Å²) in [6.45, 7) is 0. The summed E-state index contributed by atoms with van der Waals surface area (Å²) >= 11 is 3.48. The molecule has 2 aliphatic rings. The van der Waals surface area contributed by atoms with Crippen LogP contribution in [0.4, 0.5) is 11.4 Å². The highest BCUT2D eigenvalue weighted by atomic mass is 79.9. The number of amides is 1. The van der Waals surface area contributed by atoms with Crippen molar-refractivity contribution in [3.05, 3.63) is 137 Å². The highest BCUT2D eigenvalue weighted by Crippen LogP contribution is 2.41. The number of β-lactam (4-membered cyclic amide) rings is 1. The molecule has 9 heteroatoms. The Morgan fingerprint density at radius 3 is 2.00 bits per heavy atom. The fourth-order valence-corrected chi connectivity index (χ4v) is 6.14. The van der Waals surface area contributed by atoms with E-state index in [1.54, 1.807) is 41.3 Å². The number of Topliss-reactive ketones (excluding diaryl/α,β-unsaturated/α-hetero) is 1. The number of halogens is 1. The number of hydrogen-bond donors (Lipinski definition) is 0. The van der Waals surface area contributed by atoms with E-state index in [1.807, 2.05) is 97.1 Å². The average Bonchev–Trinajstić information content (AvgIpc) is 3.46. The second kappa shape index (κ2) is 12.9. The van der Waals surface area contributed by atoms with E-state index in [1.165, 1.54) is 7.11 Å². The Labute approximate surface area is 269 Å². The summed E-state index contributed by atoms with van der Waals surface area (Å²) in [5, 5.41) is 6.35. The number of rotatable bonds is 9. The van der Waals surface area contributed by atoms with E-state index in [0.29, 0.717) is 17.0 Å². The molecule has 1 saturated heterocycles. The number of carbonyl (C=O) groups excluding carboxylic acids is 3. The molecule has 1 amide bonds. The molecule has 2 heterocycles. The van der Waals surface area contributed by atoms with Gasteiger partial charge in [-0.2, -0.15) is 5.10 Å². The first-order chi connectivity index (χ1) is 21.9. The number of carbonyl (C=O) groups is 3. The molecule has 0 radical (unpaired) electrons. The molecule has 0 aliphatic carbocycles. The molecule has 0 saturated carbocycles. The van der Waals surface area contributed by atoms with E-state index in [-0.39, 0.29) is 23.4 Å². The molecule has 226 valence electrons. The smallest absolute Gasteiger partial charge is 0.355 e. The second-order valence-electron chi connectivity index (χ2n) is 10.7. The largest absolute Gasteiger partial charge is 0.497 e. The molecule has 4 aromatic carbocycles. The average molecular weight is 665 g/mol. The fourth-order valence-electron chi connectivity index (χ4n) is 5.87. The number of anilines is 2. The van der Waals surface area contributed by atoms with E-state index in [4.69, 9.17) is 9.47 Å². The van der Waals surface area contributed by atoms with Gasteiger partial charge in [-0.1, -0.05) is 88.7 Å². The van der Waals surface area contributed by atoms with Crippen LogP contribution in [0.15, 0.2) is 131 Å². The Balaban J connectivity index is 1.44. The summed E-state index contributed by atoms with van der Waals surface area (Å²) in [4.78, 5) is 42.6. The standard InChI is InChI=1S/C36H30BrN3O5/c1-44-28-19-17-26(18-20-28)39-29(31(35(39)42)23-9-5-3-6-10-23)21-22-30-32(34(41)24-11-7-4-8-12-24)33(36(43)45-2)38-40(30)27-15-13-25(37)14-16-27/h3-22,29-32H,1-2H3/t29-,30-,31+,32-/m0/s1. The lowest BCUT2D eigenvalue weighted by molar-refractivity contribution is -0.133. The molecule has 45 heavy (non-hydrogen) atoms. The van der Waals surface area contributed by atoms with Crippen LogP contribution in [0.25, 0.3) is 0 Å². The van der Waals surface area contributed by atoms with Crippen LogP contribution in [0.5, 0.6) is 5.75 Å². The number of ether oxygens (including phenoxy) is 2. The molecule has 0 aromatic heterocycles. The van der Waals surface area contributed by atoms with Crippen LogP contribution in [-0.4, -0.2) is 49.7 Å². The van der Waals surface area contributed by atoms with Gasteiger partial charge < -0.3 is 14.4 Å². The lowest BCUT2D eigenvalue weighted by Crippen LogP contribution is -2.59. The zero-order chi connectivity index (χ0) is 31.5. The normalized spacial score (nSPS) is 21.0. The maximum absolute atomic E-state index is 14.1. The number of hydrogen-bond acceptors (Lipinski definition) is 7. The van der Waals surface area contributed by atoms with Crippen molar-refractivity contribution in [2.75, 3.05) is 24.1 Å². The number of nitrogens with zero attached hydrogens (tertiary/aromatic N) is 3. The Morgan fingerprint density at radius 1 is 0.778 bits per heavy atom. The molecular weight excluding hydrogens is 634 g/mol. The van der Waals surface area contributed by atoms with Crippen LogP contribution in [0.1, 0.15) is 21.8 Å². The third kappa shape index (κ3) is 5.79. The molecule has 8 nitrogen and oxygen atoms in total. The van der Waals surface area contributed by atoms with Crippen LogP contribution in [0.3, 0.4) is 0 Å². The minimum Gasteiger partial charge on any atom is -0.497 e. The molecular formula is C36H30BrN3O5. The third-order valence-corrected chi connectivity index (χ3v) is 8.65. The highest BCUT2D eigenvalue weighted by Gasteiger charge is 2.49. The van der Waals surface area contributed by atoms with Crippen molar-refractivity contribution < 1.29 is 23.9 Å². The quantitative estimate of drug-likeness (QED) is 0.0888. The topological polar surface area (TPSA) is 88.5 Å². The first-order valence-corrected chi connectivity index (χ1v) is 15.2. The fraction of sp³-hybridized carbons (Fsp3) is 0.167. The molecule has 0 unspecified atom stereocenters. The van der Waals surface area contributed by atoms with Crippen molar-refractivity contribution in [2.45, 2.75) is 18.0 Å². The maximum atomic E-state index is 14.1. The van der Waals surface area contributed by atoms with Crippen LogP contribution in [0.2, 0.25) is 0 Å². The number of methoxy groups -OCH3 is 2. The van der Waals surface area contributed by atoms with E-state index in [9.17, 15) is 14.4 Å². The van der Waals surface area contributed by atoms with Gasteiger partial charge in [-0.15, -0.1) is 0 Å². The van der Waals surface area contributed by atoms with Crippen molar-refractivity contribution >= 4 is 50.7 Å². The van der Waals surface area contributed by atoms with E-state index < -0.39 is 23.8 Å². The van der Waals surface area contributed by atoms with Gasteiger partial charge in [-0.05, 0) is 54.1 Å². The number of ketones is 1. The van der Waals surface area contributed by atoms with Gasteiger partial charge in [0.15, 0.2) is 11.5 Å². The summed E-state index contributed by atoms with van der Waals surface area (Å²) in [6.07, 6.45) is 3.83. The Morgan fingerprint density at radius 2 is 1.38 bits per heavy atom. The van der Waals surface area contributed by atoms with Gasteiger partial charge in [0, 0.05) is 15.7 Å². The molecule has 0 bridgehead atoms. The van der Waals surface area contributed by atoms with Gasteiger partial charge in [-0.25, -0.2) is 4.79 Å².